The first-order valence-electron chi connectivity index (χ1n) is 4.10. The van der Waals surface area contributed by atoms with E-state index in [1.807, 2.05) is 0 Å². The molecule has 0 aliphatic rings. The molecule has 0 aromatic heterocycles. The van der Waals surface area contributed by atoms with Crippen molar-refractivity contribution in [2.24, 2.45) is 0 Å². The van der Waals surface area contributed by atoms with Crippen molar-refractivity contribution in [2.45, 2.75) is 12.3 Å². The molecule has 1 aromatic carbocycles. The van der Waals surface area contributed by atoms with Crippen molar-refractivity contribution in [3.8, 4) is 0 Å². The number of carboxylic acids is 1. The molecule has 0 aliphatic heterocycles. The second-order valence-corrected chi connectivity index (χ2v) is 4.36. The molecule has 0 saturated carbocycles. The standard InChI is InChI=1S/C10H8BrClO3/c1-5(13)9(12)8-4-6(11)2-3-7(8)10(14)15/h2-4,9H,1H3,(H,14,15). The summed E-state index contributed by atoms with van der Waals surface area (Å²) >= 11 is 9.03. The fourth-order valence-corrected chi connectivity index (χ4v) is 1.72. The fourth-order valence-electron chi connectivity index (χ4n) is 1.16. The Morgan fingerprint density at radius 2 is 2.07 bits per heavy atom. The van der Waals surface area contributed by atoms with Crippen LogP contribution in [-0.2, 0) is 4.79 Å². The van der Waals surface area contributed by atoms with Crippen molar-refractivity contribution in [3.63, 3.8) is 0 Å². The van der Waals surface area contributed by atoms with Crippen LogP contribution in [0.25, 0.3) is 0 Å². The Hall–Kier alpha value is -0.870. The van der Waals surface area contributed by atoms with Crippen LogP contribution in [-0.4, -0.2) is 16.9 Å². The number of halogens is 2. The van der Waals surface area contributed by atoms with Crippen molar-refractivity contribution >= 4 is 39.3 Å². The Morgan fingerprint density at radius 3 is 2.53 bits per heavy atom. The topological polar surface area (TPSA) is 54.4 Å². The number of ketones is 1. The van der Waals surface area contributed by atoms with E-state index in [0.717, 1.165) is 0 Å². The van der Waals surface area contributed by atoms with Gasteiger partial charge in [0, 0.05) is 4.47 Å². The van der Waals surface area contributed by atoms with Crippen molar-refractivity contribution in [3.05, 3.63) is 33.8 Å². The molecule has 3 nitrogen and oxygen atoms in total. The Labute approximate surface area is 100 Å². The van der Waals surface area contributed by atoms with Crippen LogP contribution in [0.3, 0.4) is 0 Å². The zero-order chi connectivity index (χ0) is 11.6. The summed E-state index contributed by atoms with van der Waals surface area (Å²) in [5.74, 6) is -1.37. The van der Waals surface area contributed by atoms with Gasteiger partial charge < -0.3 is 5.11 Å². The number of carboxylic acid groups (broad SMARTS) is 1. The van der Waals surface area contributed by atoms with Crippen molar-refractivity contribution < 1.29 is 14.7 Å². The molecule has 1 unspecified atom stereocenters. The van der Waals surface area contributed by atoms with Gasteiger partial charge in [0.15, 0.2) is 5.78 Å². The quantitative estimate of drug-likeness (QED) is 0.871. The van der Waals surface area contributed by atoms with Gasteiger partial charge in [-0.05, 0) is 30.7 Å². The molecule has 1 atom stereocenters. The van der Waals surface area contributed by atoms with E-state index in [-0.39, 0.29) is 11.3 Å². The third-order valence-corrected chi connectivity index (χ3v) is 2.91. The lowest BCUT2D eigenvalue weighted by atomic mass is 10.0. The number of carbonyl (C=O) groups is 2. The van der Waals surface area contributed by atoms with Gasteiger partial charge in [-0.25, -0.2) is 4.79 Å². The normalized spacial score (nSPS) is 12.2. The van der Waals surface area contributed by atoms with Crippen LogP contribution in [0.4, 0.5) is 0 Å². The van der Waals surface area contributed by atoms with E-state index in [4.69, 9.17) is 16.7 Å². The minimum atomic E-state index is -1.09. The number of hydrogen-bond donors (Lipinski definition) is 1. The molecular weight excluding hydrogens is 283 g/mol. The van der Waals surface area contributed by atoms with E-state index in [1.165, 1.54) is 13.0 Å². The van der Waals surface area contributed by atoms with Crippen LogP contribution in [0.5, 0.6) is 0 Å². The maximum atomic E-state index is 11.1. The van der Waals surface area contributed by atoms with Crippen LogP contribution >= 0.6 is 27.5 Å². The predicted octanol–water partition coefficient (Wildman–Crippen LogP) is 3.02. The molecule has 15 heavy (non-hydrogen) atoms. The highest BCUT2D eigenvalue weighted by molar-refractivity contribution is 9.10. The second kappa shape index (κ2) is 4.77. The van der Waals surface area contributed by atoms with Gasteiger partial charge in [0.2, 0.25) is 0 Å². The van der Waals surface area contributed by atoms with E-state index in [9.17, 15) is 9.59 Å². The molecule has 0 saturated heterocycles. The van der Waals surface area contributed by atoms with Gasteiger partial charge in [0.05, 0.1) is 5.56 Å². The lowest BCUT2D eigenvalue weighted by molar-refractivity contribution is -0.116. The van der Waals surface area contributed by atoms with Crippen LogP contribution in [0.15, 0.2) is 22.7 Å². The Balaban J connectivity index is 3.30. The van der Waals surface area contributed by atoms with Gasteiger partial charge in [0.1, 0.15) is 5.38 Å². The Bertz CT molecular complexity index is 417. The van der Waals surface area contributed by atoms with Crippen molar-refractivity contribution in [2.75, 3.05) is 0 Å². The lowest BCUT2D eigenvalue weighted by Gasteiger charge is -2.10. The monoisotopic (exact) mass is 290 g/mol. The maximum Gasteiger partial charge on any atom is 0.336 e. The summed E-state index contributed by atoms with van der Waals surface area (Å²) in [6, 6.07) is 4.55. The highest BCUT2D eigenvalue weighted by atomic mass is 79.9. The number of carbonyl (C=O) groups excluding carboxylic acids is 1. The minimum Gasteiger partial charge on any atom is -0.478 e. The first kappa shape index (κ1) is 12.2. The van der Waals surface area contributed by atoms with Gasteiger partial charge in [-0.15, -0.1) is 11.6 Å². The third-order valence-electron chi connectivity index (χ3n) is 1.87. The van der Waals surface area contributed by atoms with Crippen molar-refractivity contribution in [1.29, 1.82) is 0 Å². The Kier molecular flexibility index (Phi) is 3.88. The smallest absolute Gasteiger partial charge is 0.336 e. The van der Waals surface area contributed by atoms with Crippen molar-refractivity contribution in [1.82, 2.24) is 0 Å². The lowest BCUT2D eigenvalue weighted by Crippen LogP contribution is -2.09. The minimum absolute atomic E-state index is 0.0494. The molecule has 1 aromatic rings. The molecule has 0 amide bonds. The van der Waals surface area contributed by atoms with Gasteiger partial charge in [-0.1, -0.05) is 15.9 Å². The molecule has 1 N–H and O–H groups in total. The summed E-state index contributed by atoms with van der Waals surface area (Å²) < 4.78 is 0.689. The van der Waals surface area contributed by atoms with Gasteiger partial charge in [-0.2, -0.15) is 0 Å². The van der Waals surface area contributed by atoms with Gasteiger partial charge in [0.25, 0.3) is 0 Å². The first-order valence-corrected chi connectivity index (χ1v) is 5.33. The van der Waals surface area contributed by atoms with E-state index >= 15 is 0 Å². The maximum absolute atomic E-state index is 11.1. The summed E-state index contributed by atoms with van der Waals surface area (Å²) in [7, 11) is 0. The molecule has 0 aliphatic carbocycles. The van der Waals surface area contributed by atoms with E-state index < -0.39 is 11.3 Å². The average molecular weight is 292 g/mol. The van der Waals surface area contributed by atoms with Crippen LogP contribution in [0.2, 0.25) is 0 Å². The number of rotatable bonds is 3. The van der Waals surface area contributed by atoms with Crippen LogP contribution < -0.4 is 0 Å². The summed E-state index contributed by atoms with van der Waals surface area (Å²) in [4.78, 5) is 22.0. The fraction of sp³-hybridized carbons (Fsp3) is 0.200. The predicted molar refractivity (Wildman–Crippen MR) is 60.4 cm³/mol. The molecule has 80 valence electrons. The van der Waals surface area contributed by atoms with Gasteiger partial charge >= 0.3 is 5.97 Å². The Morgan fingerprint density at radius 1 is 1.47 bits per heavy atom. The molecule has 0 spiro atoms. The summed E-state index contributed by atoms with van der Waals surface area (Å²) in [5.41, 5.74) is 0.361. The number of benzene rings is 1. The molecule has 0 heterocycles. The number of aromatic carboxylic acids is 1. The third kappa shape index (κ3) is 2.79. The number of Topliss-reactive ketones (excluding diaryl/α,β-unsaturated/α-hetero) is 1. The van der Waals surface area contributed by atoms with E-state index in [0.29, 0.717) is 10.0 Å². The summed E-state index contributed by atoms with van der Waals surface area (Å²) in [6.07, 6.45) is 0. The van der Waals surface area contributed by atoms with Crippen LogP contribution in [0.1, 0.15) is 28.2 Å². The highest BCUT2D eigenvalue weighted by Crippen LogP contribution is 2.28. The molecule has 0 fully saturated rings. The zero-order valence-electron chi connectivity index (χ0n) is 7.83. The van der Waals surface area contributed by atoms with Gasteiger partial charge in [-0.3, -0.25) is 4.79 Å². The van der Waals surface area contributed by atoms with E-state index in [2.05, 4.69) is 15.9 Å². The molecule has 1 rings (SSSR count). The molecule has 0 radical (unpaired) electrons. The second-order valence-electron chi connectivity index (χ2n) is 3.01. The molecule has 5 heteroatoms. The number of hydrogen-bond acceptors (Lipinski definition) is 2. The summed E-state index contributed by atoms with van der Waals surface area (Å²) in [5, 5.41) is 7.98. The van der Waals surface area contributed by atoms with E-state index in [1.54, 1.807) is 12.1 Å². The molecular formula is C10H8BrClO3. The molecule has 0 bridgehead atoms. The summed E-state index contributed by atoms with van der Waals surface area (Å²) in [6.45, 7) is 1.32. The average Bonchev–Trinajstić information content (AvgIpc) is 2.15. The first-order chi connectivity index (χ1) is 6.93. The number of alkyl halides is 1. The highest BCUT2D eigenvalue weighted by Gasteiger charge is 2.20. The van der Waals surface area contributed by atoms with Crippen LogP contribution in [0, 0.1) is 0 Å². The largest absolute Gasteiger partial charge is 0.478 e. The SMILES string of the molecule is CC(=O)C(Cl)c1cc(Br)ccc1C(=O)O. The zero-order valence-corrected chi connectivity index (χ0v) is 10.2.